The van der Waals surface area contributed by atoms with E-state index in [1.54, 1.807) is 61.6 Å². The van der Waals surface area contributed by atoms with Gasteiger partial charge in [0.2, 0.25) is 10.0 Å². The van der Waals surface area contributed by atoms with E-state index >= 15 is 0 Å². The minimum absolute atomic E-state index is 0.130. The molecule has 0 atom stereocenters. The van der Waals surface area contributed by atoms with Crippen LogP contribution in [0.3, 0.4) is 0 Å². The Balaban J connectivity index is 1.43. The molecule has 7 heteroatoms. The summed E-state index contributed by atoms with van der Waals surface area (Å²) in [6, 6.07) is 15.4. The van der Waals surface area contributed by atoms with Gasteiger partial charge in [0.15, 0.2) is 0 Å². The number of benzene rings is 2. The lowest BCUT2D eigenvalue weighted by atomic mass is 9.98. The zero-order valence-electron chi connectivity index (χ0n) is 18.1. The van der Waals surface area contributed by atoms with E-state index in [2.05, 4.69) is 5.32 Å². The summed E-state index contributed by atoms with van der Waals surface area (Å²) in [5.41, 5.74) is 1.38. The Morgan fingerprint density at radius 3 is 2.39 bits per heavy atom. The fourth-order valence-corrected chi connectivity index (χ4v) is 4.91. The van der Waals surface area contributed by atoms with E-state index in [0.29, 0.717) is 24.8 Å². The van der Waals surface area contributed by atoms with E-state index in [-0.39, 0.29) is 17.3 Å². The molecule has 31 heavy (non-hydrogen) atoms. The van der Waals surface area contributed by atoms with Crippen LogP contribution in [0.2, 0.25) is 0 Å². The summed E-state index contributed by atoms with van der Waals surface area (Å²) in [5, 5.41) is 2.92. The van der Waals surface area contributed by atoms with Crippen LogP contribution in [0.25, 0.3) is 0 Å². The van der Waals surface area contributed by atoms with Gasteiger partial charge in [-0.25, -0.2) is 8.42 Å². The minimum Gasteiger partial charge on any atom is -0.378 e. The van der Waals surface area contributed by atoms with Gasteiger partial charge in [-0.2, -0.15) is 4.31 Å². The first-order valence-electron chi connectivity index (χ1n) is 11.0. The number of carbonyl (C=O) groups excluding carboxylic acids is 1. The van der Waals surface area contributed by atoms with Crippen molar-refractivity contribution in [3.63, 3.8) is 0 Å². The van der Waals surface area contributed by atoms with Gasteiger partial charge in [-0.1, -0.05) is 49.6 Å². The third-order valence-corrected chi connectivity index (χ3v) is 7.40. The summed E-state index contributed by atoms with van der Waals surface area (Å²) in [6.07, 6.45) is 7.31. The van der Waals surface area contributed by atoms with Gasteiger partial charge < -0.3 is 10.1 Å². The van der Waals surface area contributed by atoms with Crippen molar-refractivity contribution < 1.29 is 17.9 Å². The van der Waals surface area contributed by atoms with Gasteiger partial charge in [0, 0.05) is 32.3 Å². The predicted molar refractivity (Wildman–Crippen MR) is 121 cm³/mol. The number of sulfonamides is 1. The fourth-order valence-electron chi connectivity index (χ4n) is 3.73. The Morgan fingerprint density at radius 1 is 1.03 bits per heavy atom. The van der Waals surface area contributed by atoms with Crippen LogP contribution in [0, 0.1) is 0 Å². The summed E-state index contributed by atoms with van der Waals surface area (Å²) in [6.45, 7) is 1.48. The Labute approximate surface area is 185 Å². The van der Waals surface area contributed by atoms with Gasteiger partial charge in [0.05, 0.1) is 11.0 Å². The van der Waals surface area contributed by atoms with Gasteiger partial charge in [0.25, 0.3) is 5.91 Å². The SMILES string of the molecule is CN(Cc1ccc(C(=O)NCCCOC2CCCCC2)cc1)S(=O)(=O)c1ccccc1. The Kier molecular flexibility index (Phi) is 8.63. The maximum Gasteiger partial charge on any atom is 0.251 e. The quantitative estimate of drug-likeness (QED) is 0.563. The Bertz CT molecular complexity index is 924. The summed E-state index contributed by atoms with van der Waals surface area (Å²) in [4.78, 5) is 12.6. The molecule has 1 amide bonds. The smallest absolute Gasteiger partial charge is 0.251 e. The molecule has 0 radical (unpaired) electrons. The number of hydrogen-bond acceptors (Lipinski definition) is 4. The molecule has 1 saturated carbocycles. The van der Waals surface area contributed by atoms with E-state index in [1.165, 1.54) is 23.6 Å². The van der Waals surface area contributed by atoms with E-state index in [0.717, 1.165) is 24.8 Å². The largest absolute Gasteiger partial charge is 0.378 e. The van der Waals surface area contributed by atoms with Crippen molar-refractivity contribution in [2.45, 2.75) is 56.1 Å². The van der Waals surface area contributed by atoms with Gasteiger partial charge in [-0.15, -0.1) is 0 Å². The van der Waals surface area contributed by atoms with Crippen LogP contribution in [0.15, 0.2) is 59.5 Å². The van der Waals surface area contributed by atoms with Crippen LogP contribution in [0.4, 0.5) is 0 Å². The van der Waals surface area contributed by atoms with Crippen molar-refractivity contribution in [2.24, 2.45) is 0 Å². The van der Waals surface area contributed by atoms with Crippen molar-refractivity contribution in [3.8, 4) is 0 Å². The number of rotatable bonds is 10. The second-order valence-corrected chi connectivity index (χ2v) is 10.1. The molecule has 0 heterocycles. The predicted octanol–water partition coefficient (Wildman–Crippen LogP) is 3.98. The first kappa shape index (κ1) is 23.4. The van der Waals surface area contributed by atoms with Crippen molar-refractivity contribution in [2.75, 3.05) is 20.2 Å². The number of nitrogens with zero attached hydrogens (tertiary/aromatic N) is 1. The molecule has 1 N–H and O–H groups in total. The lowest BCUT2D eigenvalue weighted by Crippen LogP contribution is -2.27. The topological polar surface area (TPSA) is 75.7 Å². The number of amides is 1. The highest BCUT2D eigenvalue weighted by Gasteiger charge is 2.20. The molecule has 2 aromatic carbocycles. The average molecular weight is 445 g/mol. The second kappa shape index (κ2) is 11.4. The molecule has 168 valence electrons. The number of nitrogens with one attached hydrogen (secondary N) is 1. The lowest BCUT2D eigenvalue weighted by molar-refractivity contribution is 0.0273. The highest BCUT2D eigenvalue weighted by molar-refractivity contribution is 7.89. The summed E-state index contributed by atoms with van der Waals surface area (Å²) >= 11 is 0. The first-order valence-corrected chi connectivity index (χ1v) is 12.4. The molecular formula is C24H32N2O4S. The van der Waals surface area contributed by atoms with Gasteiger partial charge in [-0.3, -0.25) is 4.79 Å². The van der Waals surface area contributed by atoms with Crippen molar-refractivity contribution in [3.05, 3.63) is 65.7 Å². The number of hydrogen-bond donors (Lipinski definition) is 1. The maximum atomic E-state index is 12.6. The zero-order valence-corrected chi connectivity index (χ0v) is 18.9. The third-order valence-electron chi connectivity index (χ3n) is 5.59. The van der Waals surface area contributed by atoms with E-state index in [1.807, 2.05) is 0 Å². The Hall–Kier alpha value is -2.22. The molecule has 1 aliphatic carbocycles. The van der Waals surface area contributed by atoms with Gasteiger partial charge in [-0.05, 0) is 49.1 Å². The number of ether oxygens (including phenoxy) is 1. The molecule has 0 aliphatic heterocycles. The van der Waals surface area contributed by atoms with Crippen LogP contribution >= 0.6 is 0 Å². The fraction of sp³-hybridized carbons (Fsp3) is 0.458. The van der Waals surface area contributed by atoms with Crippen molar-refractivity contribution in [1.82, 2.24) is 9.62 Å². The van der Waals surface area contributed by atoms with Gasteiger partial charge in [0.1, 0.15) is 0 Å². The average Bonchev–Trinajstić information content (AvgIpc) is 2.80. The first-order chi connectivity index (χ1) is 15.0. The molecular weight excluding hydrogens is 412 g/mol. The van der Waals surface area contributed by atoms with Crippen LogP contribution in [0.5, 0.6) is 0 Å². The monoisotopic (exact) mass is 444 g/mol. The van der Waals surface area contributed by atoms with Crippen LogP contribution in [0.1, 0.15) is 54.4 Å². The summed E-state index contributed by atoms with van der Waals surface area (Å²) in [5.74, 6) is -0.130. The molecule has 0 spiro atoms. The second-order valence-electron chi connectivity index (χ2n) is 8.01. The van der Waals surface area contributed by atoms with Gasteiger partial charge >= 0.3 is 0 Å². The molecule has 1 aliphatic rings. The van der Waals surface area contributed by atoms with E-state index in [9.17, 15) is 13.2 Å². The highest BCUT2D eigenvalue weighted by Crippen LogP contribution is 2.20. The van der Waals surface area contributed by atoms with Crippen LogP contribution in [-0.2, 0) is 21.3 Å². The molecule has 1 fully saturated rings. The third kappa shape index (κ3) is 6.89. The molecule has 6 nitrogen and oxygen atoms in total. The van der Waals surface area contributed by atoms with E-state index in [4.69, 9.17) is 4.74 Å². The molecule has 3 rings (SSSR count). The zero-order chi connectivity index (χ0) is 22.1. The lowest BCUT2D eigenvalue weighted by Gasteiger charge is -2.21. The van der Waals surface area contributed by atoms with E-state index < -0.39 is 10.0 Å². The maximum absolute atomic E-state index is 12.6. The minimum atomic E-state index is -3.55. The molecule has 2 aromatic rings. The van der Waals surface area contributed by atoms with Crippen LogP contribution in [-0.4, -0.2) is 44.9 Å². The molecule has 0 aromatic heterocycles. The standard InChI is InChI=1S/C24H32N2O4S/c1-26(31(28,29)23-11-6-3-7-12-23)19-20-13-15-21(16-14-20)24(27)25-17-8-18-30-22-9-4-2-5-10-22/h3,6-7,11-16,22H,2,4-5,8-10,17-19H2,1H3,(H,25,27). The Morgan fingerprint density at radius 2 is 1.71 bits per heavy atom. The summed E-state index contributed by atoms with van der Waals surface area (Å²) < 4.78 is 32.5. The highest BCUT2D eigenvalue weighted by atomic mass is 32.2. The van der Waals surface area contributed by atoms with Crippen molar-refractivity contribution in [1.29, 1.82) is 0 Å². The molecule has 0 saturated heterocycles. The number of carbonyl (C=O) groups is 1. The molecule has 0 unspecified atom stereocenters. The normalized spacial score (nSPS) is 15.2. The van der Waals surface area contributed by atoms with Crippen LogP contribution < -0.4 is 5.32 Å². The molecule has 0 bridgehead atoms. The summed E-state index contributed by atoms with van der Waals surface area (Å²) in [7, 11) is -1.99. The van der Waals surface area contributed by atoms with Crippen molar-refractivity contribution >= 4 is 15.9 Å².